The summed E-state index contributed by atoms with van der Waals surface area (Å²) >= 11 is 0. The smallest absolute Gasteiger partial charge is 0.305 e. The lowest BCUT2D eigenvalue weighted by atomic mass is 10.0. The molecule has 1 atom stereocenters. The van der Waals surface area contributed by atoms with Crippen LogP contribution in [0.3, 0.4) is 0 Å². The van der Waals surface area contributed by atoms with Crippen LogP contribution in [0.4, 0.5) is 0 Å². The first-order valence-corrected chi connectivity index (χ1v) is 5.88. The largest absolute Gasteiger partial charge is 0.469 e. The first-order chi connectivity index (χ1) is 8.74. The number of carbonyl (C=O) groups is 1. The molecule has 1 aliphatic heterocycles. The number of esters is 1. The lowest BCUT2D eigenvalue weighted by Gasteiger charge is -2.16. The van der Waals surface area contributed by atoms with E-state index >= 15 is 0 Å². The number of fused-ring (bicyclic) bond motifs is 1. The van der Waals surface area contributed by atoms with E-state index in [-0.39, 0.29) is 18.8 Å². The first kappa shape index (κ1) is 12.7. The number of benzene rings is 1. The summed E-state index contributed by atoms with van der Waals surface area (Å²) in [5.74, 6) is 1.32. The summed E-state index contributed by atoms with van der Waals surface area (Å²) in [6, 6.07) is 5.91. The van der Waals surface area contributed by atoms with Gasteiger partial charge in [0.1, 0.15) is 0 Å². The zero-order valence-electron chi connectivity index (χ0n) is 10.6. The number of hydrogen-bond donors (Lipinski definition) is 1. The Hall–Kier alpha value is -1.75. The molecule has 1 aromatic rings. The molecule has 0 saturated carbocycles. The van der Waals surface area contributed by atoms with Gasteiger partial charge in [-0.25, -0.2) is 0 Å². The van der Waals surface area contributed by atoms with Crippen molar-refractivity contribution in [3.8, 4) is 11.5 Å². The molecule has 0 aliphatic carbocycles. The quantitative estimate of drug-likeness (QED) is 0.806. The fourth-order valence-corrected chi connectivity index (χ4v) is 1.97. The zero-order chi connectivity index (χ0) is 13.0. The summed E-state index contributed by atoms with van der Waals surface area (Å²) < 4.78 is 15.2. The predicted octanol–water partition coefficient (Wildman–Crippen LogP) is 1.63. The molecule has 1 N–H and O–H groups in total. The van der Waals surface area contributed by atoms with Gasteiger partial charge in [0.15, 0.2) is 11.5 Å². The van der Waals surface area contributed by atoms with Gasteiger partial charge >= 0.3 is 5.97 Å². The van der Waals surface area contributed by atoms with E-state index in [0.29, 0.717) is 12.8 Å². The molecule has 0 saturated heterocycles. The monoisotopic (exact) mass is 251 g/mol. The van der Waals surface area contributed by atoms with E-state index in [1.165, 1.54) is 7.11 Å². The van der Waals surface area contributed by atoms with Crippen molar-refractivity contribution in [1.29, 1.82) is 0 Å². The van der Waals surface area contributed by atoms with Crippen LogP contribution >= 0.6 is 0 Å². The Morgan fingerprint density at radius 1 is 1.44 bits per heavy atom. The van der Waals surface area contributed by atoms with Crippen molar-refractivity contribution in [2.45, 2.75) is 18.9 Å². The molecular formula is C13H17NO4. The average molecular weight is 251 g/mol. The van der Waals surface area contributed by atoms with Gasteiger partial charge in [0, 0.05) is 12.5 Å². The van der Waals surface area contributed by atoms with Crippen molar-refractivity contribution in [3.05, 3.63) is 23.8 Å². The van der Waals surface area contributed by atoms with E-state index in [1.807, 2.05) is 25.2 Å². The Kier molecular flexibility index (Phi) is 4.04. The SMILES string of the molecule is CNC(CCC(=O)OC)c1ccc2c(c1)OCO2. The summed E-state index contributed by atoms with van der Waals surface area (Å²) in [6.07, 6.45) is 1.07. The summed E-state index contributed by atoms with van der Waals surface area (Å²) in [4.78, 5) is 11.2. The molecule has 98 valence electrons. The summed E-state index contributed by atoms with van der Waals surface area (Å²) in [5, 5.41) is 3.18. The van der Waals surface area contributed by atoms with Crippen LogP contribution in [0, 0.1) is 0 Å². The van der Waals surface area contributed by atoms with Crippen molar-refractivity contribution in [1.82, 2.24) is 5.32 Å². The summed E-state index contributed by atoms with van der Waals surface area (Å²) in [5.41, 5.74) is 1.07. The number of methoxy groups -OCH3 is 1. The Bertz CT molecular complexity index is 433. The first-order valence-electron chi connectivity index (χ1n) is 5.88. The van der Waals surface area contributed by atoms with Gasteiger partial charge in [-0.15, -0.1) is 0 Å². The van der Waals surface area contributed by atoms with E-state index < -0.39 is 0 Å². The van der Waals surface area contributed by atoms with Gasteiger partial charge in [-0.1, -0.05) is 6.07 Å². The lowest BCUT2D eigenvalue weighted by Crippen LogP contribution is -2.17. The molecular weight excluding hydrogens is 234 g/mol. The molecule has 0 bridgehead atoms. The molecule has 5 heteroatoms. The second-order valence-electron chi connectivity index (χ2n) is 4.07. The molecule has 2 rings (SSSR count). The van der Waals surface area contributed by atoms with Crippen LogP contribution in [0.25, 0.3) is 0 Å². The molecule has 0 spiro atoms. The second-order valence-corrected chi connectivity index (χ2v) is 4.07. The molecule has 5 nitrogen and oxygen atoms in total. The maximum absolute atomic E-state index is 11.2. The van der Waals surface area contributed by atoms with Crippen LogP contribution in [-0.4, -0.2) is 26.9 Å². The van der Waals surface area contributed by atoms with Gasteiger partial charge in [0.2, 0.25) is 6.79 Å². The van der Waals surface area contributed by atoms with Crippen molar-refractivity contribution in [3.63, 3.8) is 0 Å². The maximum atomic E-state index is 11.2. The van der Waals surface area contributed by atoms with Gasteiger partial charge in [-0.3, -0.25) is 4.79 Å². The molecule has 1 aliphatic rings. The van der Waals surface area contributed by atoms with Crippen LogP contribution in [0.1, 0.15) is 24.4 Å². The van der Waals surface area contributed by atoms with E-state index in [1.54, 1.807) is 0 Å². The van der Waals surface area contributed by atoms with Gasteiger partial charge in [0.25, 0.3) is 0 Å². The highest BCUT2D eigenvalue weighted by Crippen LogP contribution is 2.34. The van der Waals surface area contributed by atoms with Crippen LogP contribution < -0.4 is 14.8 Å². The number of ether oxygens (including phenoxy) is 3. The third-order valence-corrected chi connectivity index (χ3v) is 3.01. The highest BCUT2D eigenvalue weighted by molar-refractivity contribution is 5.69. The highest BCUT2D eigenvalue weighted by atomic mass is 16.7. The van der Waals surface area contributed by atoms with Gasteiger partial charge in [0.05, 0.1) is 7.11 Å². The Balaban J connectivity index is 2.05. The number of nitrogens with one attached hydrogen (secondary N) is 1. The van der Waals surface area contributed by atoms with Crippen LogP contribution in [-0.2, 0) is 9.53 Å². The minimum absolute atomic E-state index is 0.0959. The van der Waals surface area contributed by atoms with Gasteiger partial charge in [-0.2, -0.15) is 0 Å². The molecule has 1 heterocycles. The number of hydrogen-bond acceptors (Lipinski definition) is 5. The Morgan fingerprint density at radius 2 is 2.22 bits per heavy atom. The predicted molar refractivity (Wildman–Crippen MR) is 65.6 cm³/mol. The molecule has 0 aromatic heterocycles. The van der Waals surface area contributed by atoms with E-state index in [0.717, 1.165) is 17.1 Å². The summed E-state index contributed by atoms with van der Waals surface area (Å²) in [6.45, 7) is 0.269. The average Bonchev–Trinajstić information content (AvgIpc) is 2.86. The van der Waals surface area contributed by atoms with Crippen LogP contribution in [0.15, 0.2) is 18.2 Å². The third-order valence-electron chi connectivity index (χ3n) is 3.01. The fourth-order valence-electron chi connectivity index (χ4n) is 1.97. The van der Waals surface area contributed by atoms with Crippen molar-refractivity contribution in [2.24, 2.45) is 0 Å². The normalized spacial score (nSPS) is 14.3. The number of carbonyl (C=O) groups excluding carboxylic acids is 1. The number of rotatable bonds is 5. The van der Waals surface area contributed by atoms with Crippen LogP contribution in [0.2, 0.25) is 0 Å². The van der Waals surface area contributed by atoms with Crippen molar-refractivity contribution in [2.75, 3.05) is 21.0 Å². The molecule has 0 amide bonds. The third kappa shape index (κ3) is 2.73. The maximum Gasteiger partial charge on any atom is 0.305 e. The van der Waals surface area contributed by atoms with E-state index in [4.69, 9.17) is 9.47 Å². The minimum Gasteiger partial charge on any atom is -0.469 e. The molecule has 18 heavy (non-hydrogen) atoms. The Labute approximate surface area is 106 Å². The summed E-state index contributed by atoms with van der Waals surface area (Å²) in [7, 11) is 3.27. The lowest BCUT2D eigenvalue weighted by molar-refractivity contribution is -0.140. The fraction of sp³-hybridized carbons (Fsp3) is 0.462. The highest BCUT2D eigenvalue weighted by Gasteiger charge is 2.17. The second kappa shape index (κ2) is 5.73. The van der Waals surface area contributed by atoms with Crippen molar-refractivity contribution >= 4 is 5.97 Å². The molecule has 1 aromatic carbocycles. The minimum atomic E-state index is -0.198. The van der Waals surface area contributed by atoms with Gasteiger partial charge in [-0.05, 0) is 31.2 Å². The van der Waals surface area contributed by atoms with Crippen molar-refractivity contribution < 1.29 is 19.0 Å². The molecule has 0 radical (unpaired) electrons. The Morgan fingerprint density at radius 3 is 2.94 bits per heavy atom. The molecule has 1 unspecified atom stereocenters. The standard InChI is InChI=1S/C13H17NO4/c1-14-10(4-6-13(15)16-2)9-3-5-11-12(7-9)18-8-17-11/h3,5,7,10,14H,4,6,8H2,1-2H3. The van der Waals surface area contributed by atoms with E-state index in [9.17, 15) is 4.79 Å². The van der Waals surface area contributed by atoms with Crippen LogP contribution in [0.5, 0.6) is 11.5 Å². The van der Waals surface area contributed by atoms with E-state index in [2.05, 4.69) is 10.1 Å². The topological polar surface area (TPSA) is 56.8 Å². The molecule has 0 fully saturated rings. The van der Waals surface area contributed by atoms with Gasteiger partial charge < -0.3 is 19.5 Å². The zero-order valence-corrected chi connectivity index (χ0v) is 10.6.